The minimum Gasteiger partial charge on any atom is -0.463 e. The maximum absolute atomic E-state index is 13.1. The number of likely N-dealkylation sites (N-methyl/N-ethyl adjacent to an activating group) is 1. The SMILES string of the molecule is CCOC(=O)C1=C(CN2CCN(C(=O)NC(C)(C)C)[C@@H](C)C2)N(C)C(=O)N[C@@H]1c1ccc(C(F)(F)F)cc1. The highest BCUT2D eigenvalue weighted by Gasteiger charge is 2.39. The van der Waals surface area contributed by atoms with Crippen LogP contribution in [-0.2, 0) is 15.7 Å². The van der Waals surface area contributed by atoms with E-state index in [9.17, 15) is 27.6 Å². The molecule has 12 heteroatoms. The Bertz CT molecular complexity index is 1080. The van der Waals surface area contributed by atoms with Crippen molar-refractivity contribution in [2.24, 2.45) is 0 Å². The van der Waals surface area contributed by atoms with Crippen molar-refractivity contribution in [3.63, 3.8) is 0 Å². The van der Waals surface area contributed by atoms with Gasteiger partial charge in [-0.05, 0) is 52.3 Å². The number of alkyl halides is 3. The molecule has 0 radical (unpaired) electrons. The number of rotatable bonds is 5. The highest BCUT2D eigenvalue weighted by Crippen LogP contribution is 2.34. The molecule has 9 nitrogen and oxygen atoms in total. The number of esters is 1. The summed E-state index contributed by atoms with van der Waals surface area (Å²) in [5.41, 5.74) is -0.313. The van der Waals surface area contributed by atoms with Crippen molar-refractivity contribution in [3.8, 4) is 0 Å². The molecular formula is C26H36F3N5O4. The summed E-state index contributed by atoms with van der Waals surface area (Å²) in [7, 11) is 1.53. The van der Waals surface area contributed by atoms with E-state index in [0.29, 0.717) is 30.9 Å². The zero-order chi connectivity index (χ0) is 28.4. The maximum Gasteiger partial charge on any atom is 0.416 e. The summed E-state index contributed by atoms with van der Waals surface area (Å²) in [5.74, 6) is -0.657. The molecule has 4 amide bonds. The topological polar surface area (TPSA) is 94.2 Å². The maximum atomic E-state index is 13.1. The summed E-state index contributed by atoms with van der Waals surface area (Å²) in [6.07, 6.45) is -4.51. The normalized spacial score (nSPS) is 21.3. The minimum absolute atomic E-state index is 0.0889. The van der Waals surface area contributed by atoms with E-state index in [1.807, 2.05) is 32.6 Å². The van der Waals surface area contributed by atoms with Gasteiger partial charge in [0.2, 0.25) is 0 Å². The van der Waals surface area contributed by atoms with Crippen LogP contribution in [0.1, 0.15) is 51.8 Å². The van der Waals surface area contributed by atoms with Crippen LogP contribution in [0.25, 0.3) is 0 Å². The van der Waals surface area contributed by atoms with Crippen molar-refractivity contribution in [2.75, 3.05) is 39.8 Å². The standard InChI is InChI=1S/C26H36F3N5O4/c1-7-38-22(35)20-19(15-33-12-13-34(16(2)14-33)24(37)31-25(3,4)5)32(6)23(36)30-21(20)17-8-10-18(11-9-17)26(27,28)29/h8-11,16,21H,7,12-15H2,1-6H3,(H,30,36)(H,31,37)/t16-,21+/m0/s1. The lowest BCUT2D eigenvalue weighted by molar-refractivity contribution is -0.139. The lowest BCUT2D eigenvalue weighted by atomic mass is 9.93. The van der Waals surface area contributed by atoms with Gasteiger partial charge in [0.15, 0.2) is 0 Å². The van der Waals surface area contributed by atoms with Crippen LogP contribution >= 0.6 is 0 Å². The monoisotopic (exact) mass is 539 g/mol. The zero-order valence-electron chi connectivity index (χ0n) is 22.6. The molecule has 1 saturated heterocycles. The number of piperazine rings is 1. The van der Waals surface area contributed by atoms with Gasteiger partial charge < -0.3 is 20.3 Å². The van der Waals surface area contributed by atoms with Crippen LogP contribution in [0, 0.1) is 0 Å². The van der Waals surface area contributed by atoms with E-state index in [1.165, 1.54) is 24.1 Å². The number of benzene rings is 1. The minimum atomic E-state index is -4.51. The molecule has 1 aromatic rings. The Morgan fingerprint density at radius 2 is 1.76 bits per heavy atom. The Morgan fingerprint density at radius 1 is 1.13 bits per heavy atom. The highest BCUT2D eigenvalue weighted by atomic mass is 19.4. The average molecular weight is 540 g/mol. The smallest absolute Gasteiger partial charge is 0.416 e. The summed E-state index contributed by atoms with van der Waals surface area (Å²) in [5, 5.41) is 5.69. The number of carbonyl (C=O) groups excluding carboxylic acids is 3. The van der Waals surface area contributed by atoms with Crippen molar-refractivity contribution in [3.05, 3.63) is 46.7 Å². The number of amides is 4. The van der Waals surface area contributed by atoms with Gasteiger partial charge in [-0.15, -0.1) is 0 Å². The number of hydrogen-bond donors (Lipinski definition) is 2. The number of hydrogen-bond acceptors (Lipinski definition) is 5. The molecule has 2 atom stereocenters. The first-order chi connectivity index (χ1) is 17.6. The predicted octanol–water partition coefficient (Wildman–Crippen LogP) is 3.73. The van der Waals surface area contributed by atoms with E-state index in [0.717, 1.165) is 12.1 Å². The number of halogens is 3. The summed E-state index contributed by atoms with van der Waals surface area (Å²) in [6, 6.07) is 2.59. The number of urea groups is 2. The molecule has 2 N–H and O–H groups in total. The van der Waals surface area contributed by atoms with Crippen LogP contribution in [0.3, 0.4) is 0 Å². The fraction of sp³-hybridized carbons (Fsp3) is 0.577. The van der Waals surface area contributed by atoms with Gasteiger partial charge in [0.25, 0.3) is 0 Å². The molecule has 3 rings (SSSR count). The second-order valence-corrected chi connectivity index (χ2v) is 10.6. The third kappa shape index (κ3) is 6.77. The molecule has 2 heterocycles. The van der Waals surface area contributed by atoms with Crippen LogP contribution in [0.5, 0.6) is 0 Å². The molecule has 0 spiro atoms. The highest BCUT2D eigenvalue weighted by molar-refractivity contribution is 5.95. The molecular weight excluding hydrogens is 503 g/mol. The lowest BCUT2D eigenvalue weighted by Gasteiger charge is -2.43. The van der Waals surface area contributed by atoms with Crippen LogP contribution in [0.4, 0.5) is 22.8 Å². The molecule has 2 aliphatic rings. The summed E-state index contributed by atoms with van der Waals surface area (Å²) in [4.78, 5) is 43.9. The summed E-state index contributed by atoms with van der Waals surface area (Å²) in [6.45, 7) is 11.1. The van der Waals surface area contributed by atoms with Crippen molar-refractivity contribution in [2.45, 2.75) is 58.4 Å². The molecule has 0 unspecified atom stereocenters. The number of nitrogens with zero attached hydrogens (tertiary/aromatic N) is 3. The number of carbonyl (C=O) groups is 3. The van der Waals surface area contributed by atoms with Crippen LogP contribution in [0.2, 0.25) is 0 Å². The summed E-state index contributed by atoms with van der Waals surface area (Å²) < 4.78 is 44.6. The van der Waals surface area contributed by atoms with Crippen molar-refractivity contribution in [1.29, 1.82) is 0 Å². The quantitative estimate of drug-likeness (QED) is 0.557. The van der Waals surface area contributed by atoms with Gasteiger partial charge in [-0.25, -0.2) is 14.4 Å². The van der Waals surface area contributed by atoms with Crippen molar-refractivity contribution < 1.29 is 32.3 Å². The molecule has 38 heavy (non-hydrogen) atoms. The number of ether oxygens (including phenoxy) is 1. The van der Waals surface area contributed by atoms with E-state index in [1.54, 1.807) is 11.8 Å². The van der Waals surface area contributed by atoms with Gasteiger partial charge in [-0.2, -0.15) is 13.2 Å². The van der Waals surface area contributed by atoms with Crippen LogP contribution < -0.4 is 10.6 Å². The van der Waals surface area contributed by atoms with E-state index in [-0.39, 0.29) is 36.3 Å². The van der Waals surface area contributed by atoms with Crippen molar-refractivity contribution in [1.82, 2.24) is 25.3 Å². The largest absolute Gasteiger partial charge is 0.463 e. The van der Waals surface area contributed by atoms with Gasteiger partial charge in [-0.3, -0.25) is 9.80 Å². The Balaban J connectivity index is 1.91. The van der Waals surface area contributed by atoms with Gasteiger partial charge >= 0.3 is 24.2 Å². The van der Waals surface area contributed by atoms with Gasteiger partial charge in [0.05, 0.1) is 23.8 Å². The van der Waals surface area contributed by atoms with Crippen molar-refractivity contribution >= 4 is 18.0 Å². The first-order valence-electron chi connectivity index (χ1n) is 12.5. The Morgan fingerprint density at radius 3 is 2.29 bits per heavy atom. The van der Waals surface area contributed by atoms with Gasteiger partial charge in [-0.1, -0.05) is 12.1 Å². The third-order valence-electron chi connectivity index (χ3n) is 6.47. The second-order valence-electron chi connectivity index (χ2n) is 10.6. The van der Waals surface area contributed by atoms with E-state index in [2.05, 4.69) is 10.6 Å². The molecule has 0 aromatic heterocycles. The fourth-order valence-corrected chi connectivity index (χ4v) is 4.60. The molecule has 1 fully saturated rings. The zero-order valence-corrected chi connectivity index (χ0v) is 22.6. The van der Waals surface area contributed by atoms with Crippen LogP contribution in [-0.4, -0.2) is 84.1 Å². The first-order valence-corrected chi connectivity index (χ1v) is 12.5. The van der Waals surface area contributed by atoms with Gasteiger partial charge in [0.1, 0.15) is 0 Å². The Hall–Kier alpha value is -3.28. The molecule has 0 aliphatic carbocycles. The summed E-state index contributed by atoms with van der Waals surface area (Å²) >= 11 is 0. The average Bonchev–Trinajstić information content (AvgIpc) is 2.80. The van der Waals surface area contributed by atoms with Gasteiger partial charge in [0, 0.05) is 50.5 Å². The fourth-order valence-electron chi connectivity index (χ4n) is 4.60. The van der Waals surface area contributed by atoms with Crippen LogP contribution in [0.15, 0.2) is 35.5 Å². The molecule has 1 aromatic carbocycles. The third-order valence-corrected chi connectivity index (χ3v) is 6.47. The second kappa shape index (κ2) is 11.2. The van der Waals surface area contributed by atoms with E-state index >= 15 is 0 Å². The molecule has 0 saturated carbocycles. The Labute approximate surface area is 221 Å². The molecule has 0 bridgehead atoms. The number of nitrogens with one attached hydrogen (secondary N) is 2. The van der Waals surface area contributed by atoms with E-state index < -0.39 is 29.8 Å². The predicted molar refractivity (Wildman–Crippen MR) is 135 cm³/mol. The van der Waals surface area contributed by atoms with E-state index in [4.69, 9.17) is 4.74 Å². The Kier molecular flexibility index (Phi) is 8.65. The first kappa shape index (κ1) is 29.3. The lowest BCUT2D eigenvalue weighted by Crippen LogP contribution is -2.59. The molecule has 210 valence electrons. The molecule has 2 aliphatic heterocycles.